The smallest absolute Gasteiger partial charge is 0.264 e. The summed E-state index contributed by atoms with van der Waals surface area (Å²) in [6, 6.07) is 16.7. The predicted octanol–water partition coefficient (Wildman–Crippen LogP) is 3.68. The number of nitrogens with one attached hydrogen (secondary N) is 3. The second-order valence-corrected chi connectivity index (χ2v) is 15.5. The van der Waals surface area contributed by atoms with Crippen LogP contribution in [0, 0.1) is 30.4 Å². The Morgan fingerprint density at radius 3 is 2.35 bits per heavy atom. The van der Waals surface area contributed by atoms with Gasteiger partial charge in [0.25, 0.3) is 23.3 Å². The van der Waals surface area contributed by atoms with Gasteiger partial charge in [0.15, 0.2) is 0 Å². The monoisotopic (exact) mass is 845 g/mol. The van der Waals surface area contributed by atoms with Gasteiger partial charge in [0, 0.05) is 56.4 Å². The third-order valence-electron chi connectivity index (χ3n) is 11.3. The average molecular weight is 846 g/mol. The van der Waals surface area contributed by atoms with Crippen molar-refractivity contribution < 1.29 is 41.9 Å². The summed E-state index contributed by atoms with van der Waals surface area (Å²) < 4.78 is 43.4. The van der Waals surface area contributed by atoms with Crippen LogP contribution in [0.1, 0.15) is 60.6 Å². The van der Waals surface area contributed by atoms with Crippen LogP contribution in [0.3, 0.4) is 0 Å². The minimum atomic E-state index is -1.30. The molecule has 62 heavy (non-hydrogen) atoms. The quantitative estimate of drug-likeness (QED) is 0.125. The first-order valence-electron chi connectivity index (χ1n) is 19.8. The van der Waals surface area contributed by atoms with Gasteiger partial charge >= 0.3 is 0 Å². The zero-order valence-corrected chi connectivity index (χ0v) is 33.1. The van der Waals surface area contributed by atoms with Crippen molar-refractivity contribution >= 4 is 41.1 Å². The van der Waals surface area contributed by atoms with Crippen molar-refractivity contribution in [1.82, 2.24) is 30.4 Å². The summed E-state index contributed by atoms with van der Waals surface area (Å²) in [6.07, 6.45) is 2.20. The van der Waals surface area contributed by atoms with E-state index in [1.807, 2.05) is 4.90 Å². The van der Waals surface area contributed by atoms with Gasteiger partial charge in [0.05, 0.1) is 23.4 Å². The number of fused-ring (bicyclic) bond motifs is 1. The number of hydrogen-bond donors (Lipinski definition) is 3. The lowest BCUT2D eigenvalue weighted by Gasteiger charge is -2.42. The van der Waals surface area contributed by atoms with Crippen LogP contribution in [-0.4, -0.2) is 81.6 Å². The number of amides is 6. The molecule has 0 bridgehead atoms. The van der Waals surface area contributed by atoms with Crippen molar-refractivity contribution in [3.05, 3.63) is 153 Å². The number of rotatable bonds is 12. The molecule has 5 aromatic rings. The van der Waals surface area contributed by atoms with Crippen LogP contribution in [0.15, 0.2) is 96.1 Å². The molecule has 3 aliphatic heterocycles. The highest BCUT2D eigenvalue weighted by Crippen LogP contribution is 2.37. The van der Waals surface area contributed by atoms with E-state index in [2.05, 4.69) is 20.9 Å². The Morgan fingerprint density at radius 2 is 1.61 bits per heavy atom. The van der Waals surface area contributed by atoms with Crippen LogP contribution in [-0.2, 0) is 27.3 Å². The summed E-state index contributed by atoms with van der Waals surface area (Å²) in [7, 11) is 0. The second-order valence-electron chi connectivity index (χ2n) is 15.5. The van der Waals surface area contributed by atoms with E-state index < -0.39 is 76.2 Å². The van der Waals surface area contributed by atoms with E-state index >= 15 is 0 Å². The fourth-order valence-corrected chi connectivity index (χ4v) is 8.12. The summed E-state index contributed by atoms with van der Waals surface area (Å²) in [5, 5.41) is 7.70. The van der Waals surface area contributed by atoms with E-state index in [1.54, 1.807) is 43.3 Å². The normalized spacial score (nSPS) is 16.7. The molecule has 5 heterocycles. The van der Waals surface area contributed by atoms with E-state index in [0.29, 0.717) is 46.6 Å². The molecule has 3 N–H and O–H groups in total. The summed E-state index contributed by atoms with van der Waals surface area (Å²) in [4.78, 5) is 99.4. The average Bonchev–Trinajstić information content (AvgIpc) is 3.48. The molecular formula is C45H38F3N7O7. The molecule has 2 aromatic heterocycles. The largest absolute Gasteiger partial charge is 0.370 e. The molecule has 0 radical (unpaired) electrons. The van der Waals surface area contributed by atoms with E-state index in [4.69, 9.17) is 0 Å². The van der Waals surface area contributed by atoms with E-state index in [9.17, 15) is 46.7 Å². The number of piperidine rings is 1. The Morgan fingerprint density at radius 1 is 0.871 bits per heavy atom. The number of aromatic nitrogens is 2. The van der Waals surface area contributed by atoms with Crippen LogP contribution in [0.4, 0.5) is 18.9 Å². The summed E-state index contributed by atoms with van der Waals surface area (Å²) in [5.41, 5.74) is 2.19. The van der Waals surface area contributed by atoms with E-state index in [-0.39, 0.29) is 49.4 Å². The van der Waals surface area contributed by atoms with Crippen LogP contribution < -0.4 is 26.4 Å². The molecule has 316 valence electrons. The van der Waals surface area contributed by atoms with Gasteiger partial charge in [-0.2, -0.15) is 4.39 Å². The molecule has 3 aliphatic rings. The highest BCUT2D eigenvalue weighted by Gasteiger charge is 2.47. The Hall–Kier alpha value is -7.43. The second kappa shape index (κ2) is 16.9. The lowest BCUT2D eigenvalue weighted by molar-refractivity contribution is -0.136. The van der Waals surface area contributed by atoms with Gasteiger partial charge < -0.3 is 20.1 Å². The van der Waals surface area contributed by atoms with Gasteiger partial charge in [-0.1, -0.05) is 42.5 Å². The van der Waals surface area contributed by atoms with Crippen molar-refractivity contribution in [3.8, 4) is 11.1 Å². The molecule has 0 aliphatic carbocycles. The maximum Gasteiger partial charge on any atom is 0.264 e. The number of pyridine rings is 2. The summed E-state index contributed by atoms with van der Waals surface area (Å²) in [6.45, 7) is 2.40. The summed E-state index contributed by atoms with van der Waals surface area (Å²) in [5.74, 6) is -6.31. The van der Waals surface area contributed by atoms with Crippen molar-refractivity contribution in [2.24, 2.45) is 5.92 Å². The first-order chi connectivity index (χ1) is 29.7. The van der Waals surface area contributed by atoms with Gasteiger partial charge in [0.2, 0.25) is 23.7 Å². The first kappa shape index (κ1) is 41.3. The van der Waals surface area contributed by atoms with E-state index in [1.165, 1.54) is 42.6 Å². The van der Waals surface area contributed by atoms with Crippen molar-refractivity contribution in [3.63, 3.8) is 0 Å². The van der Waals surface area contributed by atoms with Crippen LogP contribution in [0.2, 0.25) is 0 Å². The maximum absolute atomic E-state index is 15.0. The molecule has 6 amide bonds. The fourth-order valence-electron chi connectivity index (χ4n) is 8.12. The molecular weight excluding hydrogens is 808 g/mol. The lowest BCUT2D eigenvalue weighted by Crippen LogP contribution is -2.55. The molecule has 2 fully saturated rings. The zero-order chi connectivity index (χ0) is 43.8. The third kappa shape index (κ3) is 8.20. The molecule has 14 nitrogen and oxygen atoms in total. The number of hydrogen-bond acceptors (Lipinski definition) is 9. The van der Waals surface area contributed by atoms with Crippen LogP contribution >= 0.6 is 0 Å². The highest BCUT2D eigenvalue weighted by molar-refractivity contribution is 6.25. The highest BCUT2D eigenvalue weighted by atomic mass is 19.1. The number of carbonyl (C=O) groups excluding carboxylic acids is 6. The van der Waals surface area contributed by atoms with Gasteiger partial charge in [-0.25, -0.2) is 13.8 Å². The third-order valence-corrected chi connectivity index (χ3v) is 11.3. The van der Waals surface area contributed by atoms with Gasteiger partial charge in [-0.3, -0.25) is 43.8 Å². The topological polar surface area (TPSA) is 180 Å². The first-order valence-corrected chi connectivity index (χ1v) is 19.8. The maximum atomic E-state index is 15.0. The van der Waals surface area contributed by atoms with Crippen LogP contribution in [0.5, 0.6) is 0 Å². The Bertz CT molecular complexity index is 2740. The number of halogens is 3. The van der Waals surface area contributed by atoms with Gasteiger partial charge in [-0.05, 0) is 72.0 Å². The van der Waals surface area contributed by atoms with Crippen molar-refractivity contribution in [2.75, 3.05) is 24.5 Å². The lowest BCUT2D eigenvalue weighted by atomic mass is 9.93. The Labute approximate surface area is 351 Å². The molecule has 1 unspecified atom stereocenters. The Kier molecular flexibility index (Phi) is 11.3. The van der Waals surface area contributed by atoms with Crippen molar-refractivity contribution in [2.45, 2.75) is 44.8 Å². The molecule has 2 saturated heterocycles. The molecule has 3 aromatic carbocycles. The standard InChI is InChI=1S/C45H38F3N7O7/c1-24-15-37(48)49-19-33(24)30-6-3-2-5-27(30)16-34(51-40(57)32-17-29(47)23-54(43(32)60)20-25-9-11-28(46)12-10-25)41(58)50-18-26-21-53(22-26)35-8-4-7-31-39(35)45(62)55(44(31)61)36-13-14-38(56)52-42(36)59/h2-12,15,17,19,23,26,34,36H,13-14,16,18,20-22H2,1H3,(H,50,58)(H,51,57)(H,52,56,59)/t34-,36?/m0/s1. The SMILES string of the molecule is Cc1cc(F)ncc1-c1ccccc1C[C@H](NC(=O)c1cc(F)cn(Cc2ccc(F)cc2)c1=O)C(=O)NCC1CN(c2cccc3c2C(=O)N(C2CCC(=O)NC2=O)C3=O)C1. The number of nitrogens with zero attached hydrogens (tertiary/aromatic N) is 4. The zero-order valence-electron chi connectivity index (χ0n) is 33.1. The molecule has 2 atom stereocenters. The number of benzene rings is 3. The minimum absolute atomic E-state index is 0.0119. The number of anilines is 1. The molecule has 8 rings (SSSR count). The predicted molar refractivity (Wildman–Crippen MR) is 217 cm³/mol. The van der Waals surface area contributed by atoms with E-state index in [0.717, 1.165) is 21.7 Å². The van der Waals surface area contributed by atoms with Gasteiger partial charge in [0.1, 0.15) is 29.3 Å². The number of imide groups is 2. The van der Waals surface area contributed by atoms with Gasteiger partial charge in [-0.15, -0.1) is 0 Å². The summed E-state index contributed by atoms with van der Waals surface area (Å²) >= 11 is 0. The number of carbonyl (C=O) groups is 6. The molecule has 0 saturated carbocycles. The Balaban J connectivity index is 1.000. The molecule has 17 heteroatoms. The van der Waals surface area contributed by atoms with Crippen molar-refractivity contribution in [1.29, 1.82) is 0 Å². The van der Waals surface area contributed by atoms with Crippen LogP contribution in [0.25, 0.3) is 11.1 Å². The minimum Gasteiger partial charge on any atom is -0.370 e. The molecule has 0 spiro atoms. The number of aryl methyl sites for hydroxylation is 1. The fraction of sp³-hybridized carbons (Fsp3) is 0.244.